The van der Waals surface area contributed by atoms with Crippen LogP contribution in [-0.4, -0.2) is 52.4 Å². The number of ether oxygens (including phenoxy) is 2. The Labute approximate surface area is 186 Å². The van der Waals surface area contributed by atoms with Crippen molar-refractivity contribution >= 4 is 23.4 Å². The van der Waals surface area contributed by atoms with Crippen LogP contribution in [0.2, 0.25) is 5.02 Å². The van der Waals surface area contributed by atoms with E-state index >= 15 is 0 Å². The summed E-state index contributed by atoms with van der Waals surface area (Å²) < 4.78 is 11.3. The van der Waals surface area contributed by atoms with Gasteiger partial charge in [-0.3, -0.25) is 0 Å². The summed E-state index contributed by atoms with van der Waals surface area (Å²) in [5, 5.41) is 32.1. The lowest BCUT2D eigenvalue weighted by atomic mass is 9.88. The topological polar surface area (TPSA) is 79.2 Å². The predicted molar refractivity (Wildman–Crippen MR) is 118 cm³/mol. The lowest BCUT2D eigenvalue weighted by Gasteiger charge is -2.41. The summed E-state index contributed by atoms with van der Waals surface area (Å²) in [7, 11) is 1.64. The fraction of sp³-hybridized carbons (Fsp3) is 0.478. The van der Waals surface area contributed by atoms with Crippen LogP contribution in [0.1, 0.15) is 40.3 Å². The van der Waals surface area contributed by atoms with E-state index in [9.17, 15) is 15.3 Å². The molecule has 1 saturated heterocycles. The molecule has 1 heterocycles. The van der Waals surface area contributed by atoms with Crippen LogP contribution in [-0.2, 0) is 24.0 Å². The van der Waals surface area contributed by atoms with Gasteiger partial charge in [-0.25, -0.2) is 0 Å². The Morgan fingerprint density at radius 1 is 1.07 bits per heavy atom. The minimum absolute atomic E-state index is 0.605. The van der Waals surface area contributed by atoms with Gasteiger partial charge in [0.25, 0.3) is 0 Å². The molecule has 1 aliphatic heterocycles. The van der Waals surface area contributed by atoms with Crippen LogP contribution in [0.4, 0.5) is 0 Å². The molecule has 3 N–H and O–H groups in total. The Kier molecular flexibility index (Phi) is 6.63. The SMILES string of the molecule is COc1ccc(Cc2cc([C@@H]3O[C@H](SC)[C@@H](O)[C@H](O)[C@H]3O)c3c(c2Cl)CCC3)cc1. The van der Waals surface area contributed by atoms with Gasteiger partial charge in [0.2, 0.25) is 0 Å². The molecule has 0 radical (unpaired) electrons. The zero-order valence-electron chi connectivity index (χ0n) is 17.0. The maximum absolute atomic E-state index is 10.7. The van der Waals surface area contributed by atoms with Gasteiger partial charge in [0.05, 0.1) is 7.11 Å². The van der Waals surface area contributed by atoms with Crippen molar-refractivity contribution in [1.29, 1.82) is 0 Å². The molecule has 1 fully saturated rings. The Bertz CT molecular complexity index is 901. The van der Waals surface area contributed by atoms with E-state index in [2.05, 4.69) is 0 Å². The third kappa shape index (κ3) is 3.97. The maximum Gasteiger partial charge on any atom is 0.132 e. The first-order valence-corrected chi connectivity index (χ1v) is 11.8. The molecule has 2 aromatic carbocycles. The van der Waals surface area contributed by atoms with Crippen molar-refractivity contribution in [2.24, 2.45) is 0 Å². The van der Waals surface area contributed by atoms with Crippen molar-refractivity contribution < 1.29 is 24.8 Å². The maximum atomic E-state index is 10.7. The summed E-state index contributed by atoms with van der Waals surface area (Å²) in [5.74, 6) is 0.800. The van der Waals surface area contributed by atoms with Gasteiger partial charge in [0, 0.05) is 5.02 Å². The van der Waals surface area contributed by atoms with Gasteiger partial charge in [-0.1, -0.05) is 29.8 Å². The molecule has 0 spiro atoms. The van der Waals surface area contributed by atoms with Crippen LogP contribution in [0.5, 0.6) is 5.75 Å². The predicted octanol–water partition coefficient (Wildman–Crippen LogP) is 3.27. The molecule has 0 unspecified atom stereocenters. The quantitative estimate of drug-likeness (QED) is 0.648. The van der Waals surface area contributed by atoms with E-state index in [1.54, 1.807) is 7.11 Å². The van der Waals surface area contributed by atoms with Gasteiger partial charge in [-0.2, -0.15) is 0 Å². The summed E-state index contributed by atoms with van der Waals surface area (Å²) in [4.78, 5) is 0. The van der Waals surface area contributed by atoms with E-state index in [-0.39, 0.29) is 0 Å². The van der Waals surface area contributed by atoms with E-state index in [1.807, 2.05) is 36.6 Å². The van der Waals surface area contributed by atoms with Gasteiger partial charge < -0.3 is 24.8 Å². The van der Waals surface area contributed by atoms with Crippen molar-refractivity contribution in [2.75, 3.05) is 13.4 Å². The number of thioether (sulfide) groups is 1. The second-order valence-corrected chi connectivity index (χ2v) is 9.22. The minimum atomic E-state index is -1.26. The first-order chi connectivity index (χ1) is 14.4. The van der Waals surface area contributed by atoms with E-state index in [0.29, 0.717) is 6.42 Å². The molecule has 162 valence electrons. The van der Waals surface area contributed by atoms with Gasteiger partial charge in [-0.05, 0) is 71.9 Å². The number of fused-ring (bicyclic) bond motifs is 1. The van der Waals surface area contributed by atoms with Gasteiger partial charge in [0.15, 0.2) is 0 Å². The molecule has 0 aromatic heterocycles. The minimum Gasteiger partial charge on any atom is -0.497 e. The number of methoxy groups -OCH3 is 1. The fourth-order valence-corrected chi connectivity index (χ4v) is 5.48. The van der Waals surface area contributed by atoms with E-state index in [0.717, 1.165) is 57.9 Å². The Morgan fingerprint density at radius 2 is 1.77 bits per heavy atom. The van der Waals surface area contributed by atoms with Gasteiger partial charge in [0.1, 0.15) is 35.6 Å². The van der Waals surface area contributed by atoms with Crippen molar-refractivity contribution in [1.82, 2.24) is 0 Å². The highest BCUT2D eigenvalue weighted by atomic mass is 35.5. The number of hydrogen-bond acceptors (Lipinski definition) is 6. The highest BCUT2D eigenvalue weighted by Gasteiger charge is 2.45. The summed E-state index contributed by atoms with van der Waals surface area (Å²) in [6.07, 6.45) is 0.889. The fourth-order valence-electron chi connectivity index (χ4n) is 4.48. The van der Waals surface area contributed by atoms with Crippen LogP contribution < -0.4 is 4.74 Å². The van der Waals surface area contributed by atoms with Crippen LogP contribution >= 0.6 is 23.4 Å². The van der Waals surface area contributed by atoms with Crippen molar-refractivity contribution in [3.05, 3.63) is 63.2 Å². The molecule has 0 amide bonds. The van der Waals surface area contributed by atoms with Gasteiger partial charge >= 0.3 is 0 Å². The molecule has 2 aliphatic rings. The summed E-state index contributed by atoms with van der Waals surface area (Å²) in [6, 6.07) is 9.88. The molecular weight excluding hydrogens is 424 g/mol. The summed E-state index contributed by atoms with van der Waals surface area (Å²) >= 11 is 8.12. The largest absolute Gasteiger partial charge is 0.497 e. The number of rotatable bonds is 5. The molecular formula is C23H27ClO5S. The van der Waals surface area contributed by atoms with Crippen LogP contribution in [0.25, 0.3) is 0 Å². The molecule has 5 atom stereocenters. The first kappa shape index (κ1) is 21.9. The second-order valence-electron chi connectivity index (χ2n) is 7.91. The molecule has 2 aromatic rings. The molecule has 0 saturated carbocycles. The highest BCUT2D eigenvalue weighted by Crippen LogP contribution is 2.43. The lowest BCUT2D eigenvalue weighted by Crippen LogP contribution is -2.53. The number of benzene rings is 2. The van der Waals surface area contributed by atoms with Crippen LogP contribution in [0.15, 0.2) is 30.3 Å². The van der Waals surface area contributed by atoms with E-state index < -0.39 is 29.9 Å². The molecule has 0 bridgehead atoms. The average Bonchev–Trinajstić information content (AvgIpc) is 3.26. The third-order valence-corrected chi connectivity index (χ3v) is 7.43. The number of aliphatic hydroxyl groups excluding tert-OH is 3. The number of hydrogen-bond donors (Lipinski definition) is 3. The monoisotopic (exact) mass is 450 g/mol. The standard InChI is InChI=1S/C23H27ClO5S/c1-28-14-8-6-12(7-9-14)10-13-11-17(15-4-3-5-16(15)18(13)24)22-20(26)19(25)21(27)23(29-22)30-2/h6-9,11,19-23,25-27H,3-5,10H2,1-2H3/t19-,20-,21+,22+,23-/m1/s1. The summed E-state index contributed by atoms with van der Waals surface area (Å²) in [5.41, 5.74) is 4.54. The van der Waals surface area contributed by atoms with Crippen molar-refractivity contribution in [2.45, 2.75) is 55.5 Å². The Morgan fingerprint density at radius 3 is 2.43 bits per heavy atom. The highest BCUT2D eigenvalue weighted by molar-refractivity contribution is 7.99. The summed E-state index contributed by atoms with van der Waals surface area (Å²) in [6.45, 7) is 0. The first-order valence-electron chi connectivity index (χ1n) is 10.1. The zero-order chi connectivity index (χ0) is 21.4. The third-order valence-electron chi connectivity index (χ3n) is 6.10. The number of aliphatic hydroxyl groups is 3. The van der Waals surface area contributed by atoms with E-state index in [4.69, 9.17) is 21.1 Å². The second kappa shape index (κ2) is 9.07. The van der Waals surface area contributed by atoms with E-state index in [1.165, 1.54) is 11.8 Å². The molecule has 7 heteroatoms. The smallest absolute Gasteiger partial charge is 0.132 e. The molecule has 1 aliphatic carbocycles. The molecule has 4 rings (SSSR count). The van der Waals surface area contributed by atoms with Crippen LogP contribution in [0.3, 0.4) is 0 Å². The molecule has 30 heavy (non-hydrogen) atoms. The van der Waals surface area contributed by atoms with Crippen LogP contribution in [0, 0.1) is 0 Å². The molecule has 5 nitrogen and oxygen atoms in total. The lowest BCUT2D eigenvalue weighted by molar-refractivity contribution is -0.200. The Hall–Kier alpha value is -1.28. The normalized spacial score (nSPS) is 28.4. The Balaban J connectivity index is 1.73. The van der Waals surface area contributed by atoms with Gasteiger partial charge in [-0.15, -0.1) is 11.8 Å². The average molecular weight is 451 g/mol. The number of halogens is 1. The van der Waals surface area contributed by atoms with Crippen molar-refractivity contribution in [3.8, 4) is 5.75 Å². The van der Waals surface area contributed by atoms with Crippen molar-refractivity contribution in [3.63, 3.8) is 0 Å². The zero-order valence-corrected chi connectivity index (χ0v) is 18.6.